The topological polar surface area (TPSA) is 57.6 Å². The number of carbonyl (C=O) groups excluding carboxylic acids is 1. The molecule has 1 aromatic carbocycles. The maximum atomic E-state index is 12.7. The van der Waals surface area contributed by atoms with Gasteiger partial charge in [-0.2, -0.15) is 0 Å². The van der Waals surface area contributed by atoms with Gasteiger partial charge >= 0.3 is 5.97 Å². The standard InChI is InChI=1S/C17H21Cl2NO3/c1-11(13-5-6-14(18)15(19)9-13)17(23)20-8-2-3-12(10-20)4-7-16(21)22/h5-6,9,11-12H,2-4,7-8,10H2,1H3,(H,21,22). The van der Waals surface area contributed by atoms with Crippen LogP contribution in [0.5, 0.6) is 0 Å². The molecular formula is C17H21Cl2NO3. The normalized spacial score (nSPS) is 19.4. The maximum Gasteiger partial charge on any atom is 0.303 e. The molecular weight excluding hydrogens is 337 g/mol. The van der Waals surface area contributed by atoms with Gasteiger partial charge in [-0.05, 0) is 49.8 Å². The van der Waals surface area contributed by atoms with Gasteiger partial charge in [-0.1, -0.05) is 29.3 Å². The van der Waals surface area contributed by atoms with Crippen molar-refractivity contribution in [3.05, 3.63) is 33.8 Å². The monoisotopic (exact) mass is 357 g/mol. The van der Waals surface area contributed by atoms with Gasteiger partial charge < -0.3 is 10.0 Å². The first-order valence-electron chi connectivity index (χ1n) is 7.84. The van der Waals surface area contributed by atoms with Crippen LogP contribution in [0.25, 0.3) is 0 Å². The van der Waals surface area contributed by atoms with Crippen LogP contribution >= 0.6 is 23.2 Å². The largest absolute Gasteiger partial charge is 0.481 e. The number of amides is 1. The highest BCUT2D eigenvalue weighted by atomic mass is 35.5. The van der Waals surface area contributed by atoms with Crippen LogP contribution in [0.15, 0.2) is 18.2 Å². The molecule has 1 aliphatic rings. The molecule has 1 aliphatic heterocycles. The lowest BCUT2D eigenvalue weighted by molar-refractivity contribution is -0.137. The molecule has 2 atom stereocenters. The predicted octanol–water partition coefficient (Wildman–Crippen LogP) is 4.20. The first kappa shape index (κ1) is 18.1. The van der Waals surface area contributed by atoms with Crippen molar-refractivity contribution < 1.29 is 14.7 Å². The summed E-state index contributed by atoms with van der Waals surface area (Å²) in [6.07, 6.45) is 2.69. The fourth-order valence-electron chi connectivity index (χ4n) is 3.03. The van der Waals surface area contributed by atoms with Gasteiger partial charge in [0.15, 0.2) is 0 Å². The van der Waals surface area contributed by atoms with Crippen molar-refractivity contribution in [3.8, 4) is 0 Å². The molecule has 4 nitrogen and oxygen atoms in total. The lowest BCUT2D eigenvalue weighted by atomic mass is 9.91. The van der Waals surface area contributed by atoms with Gasteiger partial charge in [-0.15, -0.1) is 0 Å². The van der Waals surface area contributed by atoms with E-state index < -0.39 is 5.97 Å². The van der Waals surface area contributed by atoms with Gasteiger partial charge in [-0.3, -0.25) is 9.59 Å². The van der Waals surface area contributed by atoms with Gasteiger partial charge in [0.05, 0.1) is 16.0 Å². The van der Waals surface area contributed by atoms with Crippen molar-refractivity contribution >= 4 is 35.1 Å². The zero-order valence-corrected chi connectivity index (χ0v) is 14.6. The third kappa shape index (κ3) is 4.85. The Morgan fingerprint density at radius 3 is 2.74 bits per heavy atom. The zero-order valence-electron chi connectivity index (χ0n) is 13.1. The van der Waals surface area contributed by atoms with E-state index in [1.807, 2.05) is 17.9 Å². The number of benzene rings is 1. The lowest BCUT2D eigenvalue weighted by Crippen LogP contribution is -2.42. The summed E-state index contributed by atoms with van der Waals surface area (Å²) >= 11 is 11.9. The molecule has 0 aromatic heterocycles. The molecule has 0 radical (unpaired) electrons. The van der Waals surface area contributed by atoms with Gasteiger partial charge in [0.1, 0.15) is 0 Å². The minimum Gasteiger partial charge on any atom is -0.481 e. The molecule has 1 amide bonds. The molecule has 1 N–H and O–H groups in total. The molecule has 1 heterocycles. The lowest BCUT2D eigenvalue weighted by Gasteiger charge is -2.34. The van der Waals surface area contributed by atoms with Crippen LogP contribution in [0.4, 0.5) is 0 Å². The number of halogens is 2. The number of rotatable bonds is 5. The fourth-order valence-corrected chi connectivity index (χ4v) is 3.33. The molecule has 0 aliphatic carbocycles. The molecule has 23 heavy (non-hydrogen) atoms. The second-order valence-electron chi connectivity index (χ2n) is 6.12. The van der Waals surface area contributed by atoms with Crippen LogP contribution < -0.4 is 0 Å². The van der Waals surface area contributed by atoms with Crippen LogP contribution in [-0.4, -0.2) is 35.0 Å². The van der Waals surface area contributed by atoms with Crippen LogP contribution in [0.3, 0.4) is 0 Å². The van der Waals surface area contributed by atoms with Crippen LogP contribution in [0.2, 0.25) is 10.0 Å². The molecule has 0 saturated carbocycles. The van der Waals surface area contributed by atoms with E-state index in [4.69, 9.17) is 28.3 Å². The number of hydrogen-bond acceptors (Lipinski definition) is 2. The highest BCUT2D eigenvalue weighted by Crippen LogP contribution is 2.29. The van der Waals surface area contributed by atoms with Gasteiger partial charge in [0.25, 0.3) is 0 Å². The number of carboxylic acid groups (broad SMARTS) is 1. The van der Waals surface area contributed by atoms with E-state index >= 15 is 0 Å². The van der Waals surface area contributed by atoms with Crippen LogP contribution in [0, 0.1) is 5.92 Å². The van der Waals surface area contributed by atoms with E-state index in [0.717, 1.165) is 24.9 Å². The molecule has 1 aromatic rings. The highest BCUT2D eigenvalue weighted by molar-refractivity contribution is 6.42. The summed E-state index contributed by atoms with van der Waals surface area (Å²) in [6.45, 7) is 3.23. The first-order valence-corrected chi connectivity index (χ1v) is 8.59. The van der Waals surface area contributed by atoms with E-state index in [9.17, 15) is 9.59 Å². The Balaban J connectivity index is 2.00. The molecule has 1 saturated heterocycles. The molecule has 1 fully saturated rings. The number of hydrogen-bond donors (Lipinski definition) is 1. The Labute approximate surface area is 146 Å². The van der Waals surface area contributed by atoms with E-state index in [-0.39, 0.29) is 24.2 Å². The van der Waals surface area contributed by atoms with Crippen LogP contribution in [-0.2, 0) is 9.59 Å². The molecule has 2 unspecified atom stereocenters. The quantitative estimate of drug-likeness (QED) is 0.858. The maximum absolute atomic E-state index is 12.7. The SMILES string of the molecule is CC(C(=O)N1CCCC(CCC(=O)O)C1)c1ccc(Cl)c(Cl)c1. The molecule has 6 heteroatoms. The fraction of sp³-hybridized carbons (Fsp3) is 0.529. The van der Waals surface area contributed by atoms with Crippen molar-refractivity contribution in [1.29, 1.82) is 0 Å². The third-order valence-corrected chi connectivity index (χ3v) is 5.15. The predicted molar refractivity (Wildman–Crippen MR) is 91.1 cm³/mol. The second kappa shape index (κ2) is 8.02. The van der Waals surface area contributed by atoms with Crippen molar-refractivity contribution in [1.82, 2.24) is 4.90 Å². The summed E-state index contributed by atoms with van der Waals surface area (Å²) in [5, 5.41) is 9.72. The summed E-state index contributed by atoms with van der Waals surface area (Å²) in [4.78, 5) is 25.3. The number of nitrogens with zero attached hydrogens (tertiary/aromatic N) is 1. The van der Waals surface area contributed by atoms with Gasteiger partial charge in [0.2, 0.25) is 5.91 Å². The first-order chi connectivity index (χ1) is 10.9. The number of aliphatic carboxylic acids is 1. The minimum atomic E-state index is -0.780. The van der Waals surface area contributed by atoms with E-state index in [2.05, 4.69) is 0 Å². The summed E-state index contributed by atoms with van der Waals surface area (Å²) in [7, 11) is 0. The Morgan fingerprint density at radius 1 is 1.35 bits per heavy atom. The summed E-state index contributed by atoms with van der Waals surface area (Å²) in [5.74, 6) is -0.742. The van der Waals surface area contributed by atoms with Crippen LogP contribution in [0.1, 0.15) is 44.1 Å². The highest BCUT2D eigenvalue weighted by Gasteiger charge is 2.27. The smallest absolute Gasteiger partial charge is 0.303 e. The van der Waals surface area contributed by atoms with Crippen molar-refractivity contribution in [2.45, 2.75) is 38.5 Å². The summed E-state index contributed by atoms with van der Waals surface area (Å²) in [6, 6.07) is 5.26. The molecule has 126 valence electrons. The van der Waals surface area contributed by atoms with Crippen molar-refractivity contribution in [3.63, 3.8) is 0 Å². The van der Waals surface area contributed by atoms with Gasteiger partial charge in [-0.25, -0.2) is 0 Å². The number of carboxylic acids is 1. The molecule has 0 bridgehead atoms. The molecule has 0 spiro atoms. The Bertz CT molecular complexity index is 591. The Kier molecular flexibility index (Phi) is 6.31. The van der Waals surface area contributed by atoms with E-state index in [1.54, 1.807) is 12.1 Å². The average molecular weight is 358 g/mol. The third-order valence-electron chi connectivity index (χ3n) is 4.41. The second-order valence-corrected chi connectivity index (χ2v) is 6.93. The van der Waals surface area contributed by atoms with Gasteiger partial charge in [0, 0.05) is 19.5 Å². The van der Waals surface area contributed by atoms with Crippen molar-refractivity contribution in [2.24, 2.45) is 5.92 Å². The minimum absolute atomic E-state index is 0.0587. The van der Waals surface area contributed by atoms with Crippen molar-refractivity contribution in [2.75, 3.05) is 13.1 Å². The number of piperidine rings is 1. The average Bonchev–Trinajstić information content (AvgIpc) is 2.54. The Morgan fingerprint density at radius 2 is 2.09 bits per heavy atom. The summed E-state index contributed by atoms with van der Waals surface area (Å²) < 4.78 is 0. The van der Waals surface area contributed by atoms with E-state index in [0.29, 0.717) is 23.0 Å². The Hall–Kier alpha value is -1.26. The zero-order chi connectivity index (χ0) is 17.0. The summed E-state index contributed by atoms with van der Waals surface area (Å²) in [5.41, 5.74) is 0.844. The number of carbonyl (C=O) groups is 2. The van der Waals surface area contributed by atoms with E-state index in [1.165, 1.54) is 0 Å². The molecule has 2 rings (SSSR count). The number of likely N-dealkylation sites (tertiary alicyclic amines) is 1.